The van der Waals surface area contributed by atoms with Crippen LogP contribution in [0.4, 0.5) is 5.69 Å². The number of nitrogens with zero attached hydrogens (tertiary/aromatic N) is 1. The number of morpholine rings is 1. The molecule has 2 rings (SSSR count). The van der Waals surface area contributed by atoms with Crippen molar-refractivity contribution in [3.05, 3.63) is 30.3 Å². The average Bonchev–Trinajstić information content (AvgIpc) is 2.46. The summed E-state index contributed by atoms with van der Waals surface area (Å²) in [5, 5.41) is 11.9. The Morgan fingerprint density at radius 2 is 2.10 bits per heavy atom. The minimum Gasteiger partial charge on any atom is -0.481 e. The quantitative estimate of drug-likeness (QED) is 0.833. The first kappa shape index (κ1) is 14.3. The molecule has 1 aliphatic heterocycles. The van der Waals surface area contributed by atoms with Crippen LogP contribution < -0.4 is 5.32 Å². The van der Waals surface area contributed by atoms with Crippen molar-refractivity contribution in [2.45, 2.75) is 12.5 Å². The monoisotopic (exact) mass is 278 g/mol. The molecular weight excluding hydrogens is 260 g/mol. The van der Waals surface area contributed by atoms with Gasteiger partial charge in [0.2, 0.25) is 5.91 Å². The zero-order valence-electron chi connectivity index (χ0n) is 11.1. The van der Waals surface area contributed by atoms with Gasteiger partial charge < -0.3 is 20.1 Å². The van der Waals surface area contributed by atoms with E-state index in [-0.39, 0.29) is 31.5 Å². The number of amides is 1. The van der Waals surface area contributed by atoms with E-state index in [4.69, 9.17) is 9.84 Å². The summed E-state index contributed by atoms with van der Waals surface area (Å²) in [5.41, 5.74) is 0.865. The maximum atomic E-state index is 12.2. The standard InChI is InChI=1S/C14H18N2O4/c17-13(9-15-11-4-2-1-3-5-11)16-6-7-20-10-12(16)8-14(18)19/h1-5,12,15H,6-10H2,(H,18,19). The molecular formula is C14H18N2O4. The first-order valence-electron chi connectivity index (χ1n) is 6.55. The van der Waals surface area contributed by atoms with E-state index >= 15 is 0 Å². The van der Waals surface area contributed by atoms with E-state index in [0.717, 1.165) is 5.69 Å². The zero-order valence-corrected chi connectivity index (χ0v) is 11.1. The van der Waals surface area contributed by atoms with Crippen LogP contribution in [0, 0.1) is 0 Å². The first-order chi connectivity index (χ1) is 9.66. The third-order valence-corrected chi connectivity index (χ3v) is 3.18. The molecule has 1 aromatic carbocycles. The summed E-state index contributed by atoms with van der Waals surface area (Å²) in [6, 6.07) is 9.04. The summed E-state index contributed by atoms with van der Waals surface area (Å²) in [5.74, 6) is -1.03. The van der Waals surface area contributed by atoms with Crippen molar-refractivity contribution in [3.63, 3.8) is 0 Å². The largest absolute Gasteiger partial charge is 0.481 e. The molecule has 1 aromatic rings. The van der Waals surface area contributed by atoms with Gasteiger partial charge in [0.1, 0.15) is 0 Å². The molecule has 20 heavy (non-hydrogen) atoms. The van der Waals surface area contributed by atoms with Gasteiger partial charge in [0, 0.05) is 12.2 Å². The van der Waals surface area contributed by atoms with Crippen LogP contribution in [0.25, 0.3) is 0 Å². The van der Waals surface area contributed by atoms with Gasteiger partial charge in [-0.05, 0) is 12.1 Å². The number of carbonyl (C=O) groups is 2. The Kier molecular flexibility index (Phi) is 4.95. The molecule has 1 atom stereocenters. The molecule has 2 N–H and O–H groups in total. The number of rotatable bonds is 5. The van der Waals surface area contributed by atoms with Crippen LogP contribution in [0.1, 0.15) is 6.42 Å². The summed E-state index contributed by atoms with van der Waals surface area (Å²) in [6.07, 6.45) is -0.0862. The molecule has 0 aliphatic carbocycles. The Hall–Kier alpha value is -2.08. The zero-order chi connectivity index (χ0) is 14.4. The molecule has 1 heterocycles. The van der Waals surface area contributed by atoms with Gasteiger partial charge in [-0.25, -0.2) is 0 Å². The van der Waals surface area contributed by atoms with Gasteiger partial charge in [-0.3, -0.25) is 9.59 Å². The number of para-hydroxylation sites is 1. The van der Waals surface area contributed by atoms with E-state index < -0.39 is 5.97 Å². The highest BCUT2D eigenvalue weighted by Crippen LogP contribution is 2.12. The van der Waals surface area contributed by atoms with E-state index in [1.54, 1.807) is 4.90 Å². The number of anilines is 1. The van der Waals surface area contributed by atoms with E-state index in [1.807, 2.05) is 30.3 Å². The minimum absolute atomic E-state index is 0.0862. The lowest BCUT2D eigenvalue weighted by Crippen LogP contribution is -2.51. The average molecular weight is 278 g/mol. The molecule has 1 fully saturated rings. The predicted octanol–water partition coefficient (Wildman–Crippen LogP) is 0.801. The fraction of sp³-hybridized carbons (Fsp3) is 0.429. The number of hydrogen-bond acceptors (Lipinski definition) is 4. The van der Waals surface area contributed by atoms with Crippen LogP contribution in [-0.2, 0) is 14.3 Å². The number of aliphatic carboxylic acids is 1. The highest BCUT2D eigenvalue weighted by molar-refractivity contribution is 5.82. The molecule has 1 aliphatic rings. The molecule has 0 spiro atoms. The second kappa shape index (κ2) is 6.91. The highest BCUT2D eigenvalue weighted by Gasteiger charge is 2.28. The third kappa shape index (κ3) is 3.96. The molecule has 0 aromatic heterocycles. The first-order valence-corrected chi connectivity index (χ1v) is 6.55. The second-order valence-corrected chi connectivity index (χ2v) is 4.63. The van der Waals surface area contributed by atoms with Gasteiger partial charge in [0.15, 0.2) is 0 Å². The van der Waals surface area contributed by atoms with Gasteiger partial charge >= 0.3 is 5.97 Å². The summed E-state index contributed by atoms with van der Waals surface area (Å²) >= 11 is 0. The normalized spacial score (nSPS) is 18.6. The van der Waals surface area contributed by atoms with E-state index in [1.165, 1.54) is 0 Å². The molecule has 0 saturated carbocycles. The van der Waals surface area contributed by atoms with Crippen LogP contribution in [0.2, 0.25) is 0 Å². The number of carboxylic acids is 1. The SMILES string of the molecule is O=C(O)CC1COCCN1C(=O)CNc1ccccc1. The van der Waals surface area contributed by atoms with E-state index in [9.17, 15) is 9.59 Å². The van der Waals surface area contributed by atoms with Gasteiger partial charge in [0.05, 0.1) is 32.2 Å². The van der Waals surface area contributed by atoms with E-state index in [2.05, 4.69) is 5.32 Å². The Morgan fingerprint density at radius 3 is 2.80 bits per heavy atom. The fourth-order valence-corrected chi connectivity index (χ4v) is 2.19. The molecule has 1 saturated heterocycles. The van der Waals surface area contributed by atoms with Crippen molar-refractivity contribution in [2.24, 2.45) is 0 Å². The number of carboxylic acid groups (broad SMARTS) is 1. The maximum Gasteiger partial charge on any atom is 0.305 e. The minimum atomic E-state index is -0.922. The molecule has 6 heteroatoms. The summed E-state index contributed by atoms with van der Waals surface area (Å²) in [6.45, 7) is 1.32. The van der Waals surface area contributed by atoms with Crippen LogP contribution in [0.3, 0.4) is 0 Å². The van der Waals surface area contributed by atoms with Crippen molar-refractivity contribution in [2.75, 3.05) is 31.6 Å². The molecule has 108 valence electrons. The Balaban J connectivity index is 1.90. The maximum absolute atomic E-state index is 12.2. The van der Waals surface area contributed by atoms with Crippen molar-refractivity contribution in [3.8, 4) is 0 Å². The second-order valence-electron chi connectivity index (χ2n) is 4.63. The fourth-order valence-electron chi connectivity index (χ4n) is 2.19. The van der Waals surface area contributed by atoms with Gasteiger partial charge in [-0.2, -0.15) is 0 Å². The summed E-state index contributed by atoms with van der Waals surface area (Å²) in [7, 11) is 0. The van der Waals surface area contributed by atoms with Crippen LogP contribution in [0.5, 0.6) is 0 Å². The van der Waals surface area contributed by atoms with Gasteiger partial charge in [-0.15, -0.1) is 0 Å². The van der Waals surface area contributed by atoms with Gasteiger partial charge in [-0.1, -0.05) is 18.2 Å². The van der Waals surface area contributed by atoms with Crippen molar-refractivity contribution in [1.82, 2.24) is 4.90 Å². The van der Waals surface area contributed by atoms with Crippen molar-refractivity contribution in [1.29, 1.82) is 0 Å². The topological polar surface area (TPSA) is 78.9 Å². The number of carbonyl (C=O) groups excluding carboxylic acids is 1. The Labute approximate surface area is 117 Å². The molecule has 6 nitrogen and oxygen atoms in total. The number of hydrogen-bond donors (Lipinski definition) is 2. The summed E-state index contributed by atoms with van der Waals surface area (Å²) < 4.78 is 5.25. The smallest absolute Gasteiger partial charge is 0.305 e. The van der Waals surface area contributed by atoms with Crippen LogP contribution >= 0.6 is 0 Å². The van der Waals surface area contributed by atoms with Gasteiger partial charge in [0.25, 0.3) is 0 Å². The van der Waals surface area contributed by atoms with E-state index in [0.29, 0.717) is 13.2 Å². The molecule has 0 bridgehead atoms. The Bertz CT molecular complexity index is 464. The molecule has 0 radical (unpaired) electrons. The number of benzene rings is 1. The molecule has 1 amide bonds. The van der Waals surface area contributed by atoms with Crippen molar-refractivity contribution < 1.29 is 19.4 Å². The lowest BCUT2D eigenvalue weighted by atomic mass is 10.1. The lowest BCUT2D eigenvalue weighted by molar-refractivity contribution is -0.145. The number of ether oxygens (including phenoxy) is 1. The predicted molar refractivity (Wildman–Crippen MR) is 73.5 cm³/mol. The summed E-state index contributed by atoms with van der Waals surface area (Å²) in [4.78, 5) is 24.6. The van der Waals surface area contributed by atoms with Crippen LogP contribution in [-0.4, -0.2) is 54.2 Å². The molecule has 1 unspecified atom stereocenters. The lowest BCUT2D eigenvalue weighted by Gasteiger charge is -2.35. The third-order valence-electron chi connectivity index (χ3n) is 3.18. The Morgan fingerprint density at radius 1 is 1.35 bits per heavy atom. The number of nitrogens with one attached hydrogen (secondary N) is 1. The van der Waals surface area contributed by atoms with Crippen LogP contribution in [0.15, 0.2) is 30.3 Å². The highest BCUT2D eigenvalue weighted by atomic mass is 16.5. The van der Waals surface area contributed by atoms with Crippen molar-refractivity contribution >= 4 is 17.6 Å².